The summed E-state index contributed by atoms with van der Waals surface area (Å²) in [6.45, 7) is 5.80. The third-order valence-electron chi connectivity index (χ3n) is 4.99. The van der Waals surface area contributed by atoms with Crippen LogP contribution in [-0.4, -0.2) is 14.3 Å². The van der Waals surface area contributed by atoms with Gasteiger partial charge in [-0.05, 0) is 50.6 Å². The Balaban J connectivity index is 1.97. The molecule has 144 valence electrons. The van der Waals surface area contributed by atoms with Gasteiger partial charge in [0.25, 0.3) is 0 Å². The number of rotatable bonds is 3. The Morgan fingerprint density at radius 1 is 1.14 bits per heavy atom. The number of aromatic nitrogens is 3. The zero-order valence-corrected chi connectivity index (χ0v) is 16.2. The molecule has 0 spiro atoms. The molecule has 0 unspecified atom stereocenters. The van der Waals surface area contributed by atoms with E-state index in [2.05, 4.69) is 5.16 Å². The minimum atomic E-state index is -0.403. The van der Waals surface area contributed by atoms with E-state index in [1.54, 1.807) is 28.3 Å². The maximum atomic E-state index is 14.5. The molecule has 0 aliphatic rings. The number of nitrogen functional groups attached to an aromatic ring is 1. The van der Waals surface area contributed by atoms with Gasteiger partial charge in [0.2, 0.25) is 5.88 Å². The Labute approximate surface area is 161 Å². The van der Waals surface area contributed by atoms with Crippen molar-refractivity contribution in [1.29, 1.82) is 0 Å². The van der Waals surface area contributed by atoms with Gasteiger partial charge < -0.3 is 10.3 Å². The number of nitrogens with two attached hydrogens (primary N) is 1. The number of aryl methyl sites for hydroxylation is 2. The molecule has 0 bridgehead atoms. The van der Waals surface area contributed by atoms with Crippen LogP contribution in [0, 0.1) is 12.7 Å². The smallest absolute Gasteiger partial charge is 0.329 e. The van der Waals surface area contributed by atoms with E-state index in [0.29, 0.717) is 22.4 Å². The molecule has 28 heavy (non-hydrogen) atoms. The maximum Gasteiger partial charge on any atom is 0.329 e. The van der Waals surface area contributed by atoms with Crippen molar-refractivity contribution >= 4 is 16.9 Å². The molecular weight excluding hydrogens is 359 g/mol. The van der Waals surface area contributed by atoms with Crippen LogP contribution in [0.2, 0.25) is 0 Å². The summed E-state index contributed by atoms with van der Waals surface area (Å²) >= 11 is 0. The molecule has 0 aliphatic carbocycles. The predicted molar refractivity (Wildman–Crippen MR) is 108 cm³/mol. The molecule has 0 radical (unpaired) electrons. The molecule has 4 rings (SSSR count). The van der Waals surface area contributed by atoms with Gasteiger partial charge in [-0.1, -0.05) is 22.9 Å². The van der Waals surface area contributed by atoms with Gasteiger partial charge in [-0.25, -0.2) is 9.18 Å². The Morgan fingerprint density at radius 3 is 2.61 bits per heavy atom. The van der Waals surface area contributed by atoms with Crippen LogP contribution >= 0.6 is 0 Å². The highest BCUT2D eigenvalue weighted by Gasteiger charge is 2.22. The summed E-state index contributed by atoms with van der Waals surface area (Å²) in [5.74, 6) is -0.303. The van der Waals surface area contributed by atoms with E-state index in [4.69, 9.17) is 10.3 Å². The predicted octanol–water partition coefficient (Wildman–Crippen LogP) is 4.27. The van der Waals surface area contributed by atoms with Crippen LogP contribution in [0.5, 0.6) is 0 Å². The van der Waals surface area contributed by atoms with E-state index in [1.807, 2.05) is 39.0 Å². The van der Waals surface area contributed by atoms with Gasteiger partial charge in [0, 0.05) is 18.7 Å². The lowest BCUT2D eigenvalue weighted by atomic mass is 9.99. The van der Waals surface area contributed by atoms with Crippen LogP contribution in [0.25, 0.3) is 33.4 Å². The van der Waals surface area contributed by atoms with Crippen molar-refractivity contribution in [2.75, 3.05) is 5.73 Å². The Morgan fingerprint density at radius 2 is 1.89 bits per heavy atom. The fourth-order valence-electron chi connectivity index (χ4n) is 3.60. The van der Waals surface area contributed by atoms with Crippen LogP contribution in [0.3, 0.4) is 0 Å². The second-order valence-corrected chi connectivity index (χ2v) is 7.26. The van der Waals surface area contributed by atoms with E-state index in [-0.39, 0.29) is 17.6 Å². The second-order valence-electron chi connectivity index (χ2n) is 7.26. The molecule has 0 amide bonds. The molecular formula is C21H21FN4O2. The van der Waals surface area contributed by atoms with Crippen molar-refractivity contribution in [3.05, 3.63) is 58.3 Å². The minimum absolute atomic E-state index is 0.0275. The van der Waals surface area contributed by atoms with Gasteiger partial charge in [-0.3, -0.25) is 9.13 Å². The summed E-state index contributed by atoms with van der Waals surface area (Å²) in [5.41, 5.74) is 10.3. The van der Waals surface area contributed by atoms with E-state index in [0.717, 1.165) is 16.6 Å². The average molecular weight is 380 g/mol. The SMILES string of the molecule is Cc1ccc(F)c(-c2noc(N)c2-c2ccc3c(c2)n(C)c(=O)n3C(C)C)c1. The zero-order chi connectivity index (χ0) is 20.2. The van der Waals surface area contributed by atoms with E-state index in [9.17, 15) is 9.18 Å². The largest absolute Gasteiger partial charge is 0.367 e. The topological polar surface area (TPSA) is 79.0 Å². The molecule has 0 aliphatic heterocycles. The lowest BCUT2D eigenvalue weighted by Crippen LogP contribution is -2.23. The standard InChI is InChI=1S/C21H21FN4O2/c1-11(2)26-16-8-6-13(10-17(16)25(4)21(26)27)18-19(24-28-20(18)23)14-9-12(3)5-7-15(14)22/h5-11H,23H2,1-4H3. The number of imidazole rings is 1. The van der Waals surface area contributed by atoms with Crippen molar-refractivity contribution in [3.8, 4) is 22.4 Å². The number of hydrogen-bond acceptors (Lipinski definition) is 4. The van der Waals surface area contributed by atoms with Crippen molar-refractivity contribution in [2.45, 2.75) is 26.8 Å². The van der Waals surface area contributed by atoms with Gasteiger partial charge in [0.15, 0.2) is 0 Å². The summed E-state index contributed by atoms with van der Waals surface area (Å²) in [5, 5.41) is 4.00. The average Bonchev–Trinajstić information content (AvgIpc) is 3.15. The summed E-state index contributed by atoms with van der Waals surface area (Å²) in [7, 11) is 1.73. The van der Waals surface area contributed by atoms with Crippen molar-refractivity contribution < 1.29 is 8.91 Å². The zero-order valence-electron chi connectivity index (χ0n) is 16.2. The number of fused-ring (bicyclic) bond motifs is 1. The number of benzene rings is 2. The summed E-state index contributed by atoms with van der Waals surface area (Å²) in [4.78, 5) is 12.6. The highest BCUT2D eigenvalue weighted by molar-refractivity contribution is 5.91. The Bertz CT molecular complexity index is 1260. The first-order chi connectivity index (χ1) is 13.3. The molecule has 7 heteroatoms. The van der Waals surface area contributed by atoms with Crippen molar-refractivity contribution in [1.82, 2.24) is 14.3 Å². The molecule has 2 aromatic carbocycles. The number of nitrogens with zero attached hydrogens (tertiary/aromatic N) is 3. The Kier molecular flexibility index (Phi) is 4.10. The quantitative estimate of drug-likeness (QED) is 0.576. The summed E-state index contributed by atoms with van der Waals surface area (Å²) in [6, 6.07) is 10.4. The normalized spacial score (nSPS) is 11.6. The lowest BCUT2D eigenvalue weighted by molar-refractivity contribution is 0.439. The molecule has 0 atom stereocenters. The molecule has 2 N–H and O–H groups in total. The van der Waals surface area contributed by atoms with Crippen LogP contribution in [0.15, 0.2) is 45.7 Å². The molecule has 2 aromatic heterocycles. The van der Waals surface area contributed by atoms with E-state index in [1.165, 1.54) is 6.07 Å². The fourth-order valence-corrected chi connectivity index (χ4v) is 3.60. The summed E-state index contributed by atoms with van der Waals surface area (Å²) in [6.07, 6.45) is 0. The molecule has 2 heterocycles. The molecule has 6 nitrogen and oxygen atoms in total. The third-order valence-corrected chi connectivity index (χ3v) is 4.99. The van der Waals surface area contributed by atoms with Crippen molar-refractivity contribution in [2.24, 2.45) is 7.05 Å². The van der Waals surface area contributed by atoms with Crippen LogP contribution in [-0.2, 0) is 7.05 Å². The van der Waals surface area contributed by atoms with Crippen LogP contribution in [0.1, 0.15) is 25.5 Å². The van der Waals surface area contributed by atoms with E-state index >= 15 is 0 Å². The molecule has 0 fully saturated rings. The highest BCUT2D eigenvalue weighted by atomic mass is 19.1. The molecule has 0 saturated heterocycles. The second kappa shape index (κ2) is 6.37. The van der Waals surface area contributed by atoms with Crippen LogP contribution < -0.4 is 11.4 Å². The van der Waals surface area contributed by atoms with Gasteiger partial charge >= 0.3 is 5.69 Å². The van der Waals surface area contributed by atoms with Crippen LogP contribution in [0.4, 0.5) is 10.3 Å². The number of hydrogen-bond donors (Lipinski definition) is 1. The van der Waals surface area contributed by atoms with Gasteiger partial charge in [0.1, 0.15) is 11.5 Å². The maximum absolute atomic E-state index is 14.5. The molecule has 4 aromatic rings. The highest BCUT2D eigenvalue weighted by Crippen LogP contribution is 2.38. The molecule has 0 saturated carbocycles. The first-order valence-electron chi connectivity index (χ1n) is 9.02. The first-order valence-corrected chi connectivity index (χ1v) is 9.02. The van der Waals surface area contributed by atoms with Gasteiger partial charge in [-0.2, -0.15) is 0 Å². The van der Waals surface area contributed by atoms with Crippen molar-refractivity contribution in [3.63, 3.8) is 0 Å². The number of halogens is 1. The monoisotopic (exact) mass is 380 g/mol. The lowest BCUT2D eigenvalue weighted by Gasteiger charge is -2.08. The summed E-state index contributed by atoms with van der Waals surface area (Å²) < 4.78 is 23.0. The third kappa shape index (κ3) is 2.62. The minimum Gasteiger partial charge on any atom is -0.367 e. The number of anilines is 1. The van der Waals surface area contributed by atoms with E-state index < -0.39 is 5.82 Å². The van der Waals surface area contributed by atoms with Gasteiger partial charge in [0.05, 0.1) is 16.6 Å². The van der Waals surface area contributed by atoms with Gasteiger partial charge in [-0.15, -0.1) is 0 Å². The fraction of sp³-hybridized carbons (Fsp3) is 0.238. The Hall–Kier alpha value is -3.35. The first kappa shape index (κ1) is 18.0.